The van der Waals surface area contributed by atoms with Gasteiger partial charge >= 0.3 is 0 Å². The molecule has 3 aromatic carbocycles. The minimum absolute atomic E-state index is 0.255. The first-order valence-corrected chi connectivity index (χ1v) is 8.48. The molecular weight excluding hydrogens is 344 g/mol. The van der Waals surface area contributed by atoms with E-state index in [0.29, 0.717) is 0 Å². The fraction of sp³-hybridized carbons (Fsp3) is 0.0476. The Kier molecular flexibility index (Phi) is 5.61. The van der Waals surface area contributed by atoms with Crippen LogP contribution in [-0.2, 0) is 4.79 Å². The number of carbonyl (C=O) groups is 1. The predicted octanol–water partition coefficient (Wildman–Crippen LogP) is 4.37. The highest BCUT2D eigenvalue weighted by Crippen LogP contribution is 2.22. The van der Waals surface area contributed by atoms with Crippen LogP contribution in [0.15, 0.2) is 72.8 Å². The third-order valence-corrected chi connectivity index (χ3v) is 4.02. The van der Waals surface area contributed by atoms with Crippen LogP contribution >= 0.6 is 12.2 Å². The van der Waals surface area contributed by atoms with Crippen molar-refractivity contribution >= 4 is 45.8 Å². The fourth-order valence-electron chi connectivity index (χ4n) is 2.53. The molecule has 0 aliphatic rings. The van der Waals surface area contributed by atoms with Gasteiger partial charge in [0.05, 0.1) is 7.11 Å². The average Bonchev–Trinajstić information content (AvgIpc) is 2.67. The second-order valence-electron chi connectivity index (χ2n) is 5.58. The minimum atomic E-state index is -0.293. The molecule has 1 amide bonds. The summed E-state index contributed by atoms with van der Waals surface area (Å²) in [5.74, 6) is 0.477. The smallest absolute Gasteiger partial charge is 0.250 e. The third-order valence-electron chi connectivity index (χ3n) is 3.82. The van der Waals surface area contributed by atoms with E-state index in [2.05, 4.69) is 10.6 Å². The van der Waals surface area contributed by atoms with Gasteiger partial charge in [-0.3, -0.25) is 10.1 Å². The molecule has 0 spiro atoms. The van der Waals surface area contributed by atoms with E-state index in [1.807, 2.05) is 66.7 Å². The quantitative estimate of drug-likeness (QED) is 0.534. The van der Waals surface area contributed by atoms with E-state index in [1.165, 1.54) is 6.08 Å². The van der Waals surface area contributed by atoms with Crippen molar-refractivity contribution in [3.8, 4) is 5.75 Å². The van der Waals surface area contributed by atoms with E-state index in [4.69, 9.17) is 17.0 Å². The van der Waals surface area contributed by atoms with E-state index >= 15 is 0 Å². The van der Waals surface area contributed by atoms with Gasteiger partial charge in [0.1, 0.15) is 5.75 Å². The summed E-state index contributed by atoms with van der Waals surface area (Å²) in [5.41, 5.74) is 1.75. The van der Waals surface area contributed by atoms with Gasteiger partial charge in [0, 0.05) is 17.1 Å². The van der Waals surface area contributed by atoms with Crippen LogP contribution < -0.4 is 15.4 Å². The maximum atomic E-state index is 12.1. The Morgan fingerprint density at radius 3 is 2.50 bits per heavy atom. The van der Waals surface area contributed by atoms with Crippen LogP contribution in [0.3, 0.4) is 0 Å². The minimum Gasteiger partial charge on any atom is -0.497 e. The predicted molar refractivity (Wildman–Crippen MR) is 110 cm³/mol. The fourth-order valence-corrected chi connectivity index (χ4v) is 2.74. The third kappa shape index (κ3) is 4.46. The number of anilines is 1. The van der Waals surface area contributed by atoms with Crippen LogP contribution in [0.4, 0.5) is 5.69 Å². The second-order valence-corrected chi connectivity index (χ2v) is 5.98. The standard InChI is InChI=1S/C21H18N2O2S/c1-25-17-12-9-15(10-13-17)11-14-20(24)23-21(26)22-19-8-4-6-16-5-2-3-7-18(16)19/h2-14H,1H3,(H2,22,23,24,26)/b14-11+. The largest absolute Gasteiger partial charge is 0.497 e. The molecule has 0 unspecified atom stereocenters. The van der Waals surface area contributed by atoms with Crippen molar-refractivity contribution in [2.45, 2.75) is 0 Å². The molecule has 5 heteroatoms. The van der Waals surface area contributed by atoms with Crippen molar-refractivity contribution in [1.29, 1.82) is 0 Å². The Morgan fingerprint density at radius 1 is 1.00 bits per heavy atom. The number of amides is 1. The normalized spacial score (nSPS) is 10.7. The summed E-state index contributed by atoms with van der Waals surface area (Å²) in [7, 11) is 1.61. The number of methoxy groups -OCH3 is 1. The van der Waals surface area contributed by atoms with Crippen molar-refractivity contribution in [3.63, 3.8) is 0 Å². The van der Waals surface area contributed by atoms with Crippen LogP contribution in [0, 0.1) is 0 Å². The highest BCUT2D eigenvalue weighted by molar-refractivity contribution is 7.80. The number of benzene rings is 3. The van der Waals surface area contributed by atoms with Crippen molar-refractivity contribution in [1.82, 2.24) is 5.32 Å². The number of ether oxygens (including phenoxy) is 1. The zero-order valence-corrected chi connectivity index (χ0v) is 15.0. The molecule has 2 N–H and O–H groups in total. The summed E-state index contributed by atoms with van der Waals surface area (Å²) < 4.78 is 5.11. The van der Waals surface area contributed by atoms with Crippen molar-refractivity contribution < 1.29 is 9.53 Å². The number of thiocarbonyl (C=S) groups is 1. The Bertz CT molecular complexity index is 960. The molecule has 0 saturated carbocycles. The molecule has 0 aliphatic carbocycles. The van der Waals surface area contributed by atoms with Crippen LogP contribution in [-0.4, -0.2) is 18.1 Å². The van der Waals surface area contributed by atoms with Crippen molar-refractivity contribution in [2.75, 3.05) is 12.4 Å². The summed E-state index contributed by atoms with van der Waals surface area (Å²) in [4.78, 5) is 12.1. The molecule has 130 valence electrons. The van der Waals surface area contributed by atoms with Crippen molar-refractivity contribution in [2.24, 2.45) is 0 Å². The lowest BCUT2D eigenvalue weighted by molar-refractivity contribution is -0.115. The molecule has 0 saturated heterocycles. The topological polar surface area (TPSA) is 50.4 Å². The Morgan fingerprint density at radius 2 is 1.73 bits per heavy atom. The molecule has 4 nitrogen and oxygen atoms in total. The number of carbonyl (C=O) groups excluding carboxylic acids is 1. The first-order chi connectivity index (χ1) is 12.7. The highest BCUT2D eigenvalue weighted by Gasteiger charge is 2.04. The summed E-state index contributed by atoms with van der Waals surface area (Å²) in [6.45, 7) is 0. The summed E-state index contributed by atoms with van der Waals surface area (Å²) in [5, 5.41) is 8.13. The average molecular weight is 362 g/mol. The van der Waals surface area contributed by atoms with Crippen molar-refractivity contribution in [3.05, 3.63) is 78.4 Å². The summed E-state index contributed by atoms with van der Waals surface area (Å²) in [6.07, 6.45) is 3.16. The van der Waals surface area contributed by atoms with Gasteiger partial charge in [-0.1, -0.05) is 48.5 Å². The van der Waals surface area contributed by atoms with Gasteiger partial charge < -0.3 is 10.1 Å². The van der Waals surface area contributed by atoms with E-state index in [0.717, 1.165) is 27.8 Å². The lowest BCUT2D eigenvalue weighted by Crippen LogP contribution is -2.32. The number of nitrogens with one attached hydrogen (secondary N) is 2. The van der Waals surface area contributed by atoms with Crippen LogP contribution in [0.1, 0.15) is 5.56 Å². The van der Waals surface area contributed by atoms with Crippen LogP contribution in [0.2, 0.25) is 0 Å². The van der Waals surface area contributed by atoms with Crippen LogP contribution in [0.5, 0.6) is 5.75 Å². The lowest BCUT2D eigenvalue weighted by Gasteiger charge is -2.10. The Balaban J connectivity index is 1.61. The zero-order valence-electron chi connectivity index (χ0n) is 14.2. The lowest BCUT2D eigenvalue weighted by atomic mass is 10.1. The zero-order chi connectivity index (χ0) is 18.4. The number of hydrogen-bond acceptors (Lipinski definition) is 3. The van der Waals surface area contributed by atoms with E-state index in [9.17, 15) is 4.79 Å². The number of rotatable bonds is 4. The molecule has 3 rings (SSSR count). The maximum absolute atomic E-state index is 12.1. The molecule has 0 fully saturated rings. The molecule has 0 heterocycles. The molecular formula is C21H18N2O2S. The first-order valence-electron chi connectivity index (χ1n) is 8.07. The van der Waals surface area contributed by atoms with E-state index in [-0.39, 0.29) is 11.0 Å². The molecule has 0 radical (unpaired) electrons. The molecule has 0 aromatic heterocycles. The highest BCUT2D eigenvalue weighted by atomic mass is 32.1. The Hall–Kier alpha value is -3.18. The van der Waals surface area contributed by atoms with E-state index < -0.39 is 0 Å². The molecule has 3 aromatic rings. The van der Waals surface area contributed by atoms with Gasteiger partial charge in [0.25, 0.3) is 0 Å². The van der Waals surface area contributed by atoms with Gasteiger partial charge in [-0.2, -0.15) is 0 Å². The number of hydrogen-bond donors (Lipinski definition) is 2. The monoisotopic (exact) mass is 362 g/mol. The first kappa shape index (κ1) is 17.6. The molecule has 0 aliphatic heterocycles. The van der Waals surface area contributed by atoms with E-state index in [1.54, 1.807) is 13.2 Å². The molecule has 26 heavy (non-hydrogen) atoms. The summed E-state index contributed by atoms with van der Waals surface area (Å²) >= 11 is 5.25. The molecule has 0 atom stereocenters. The maximum Gasteiger partial charge on any atom is 0.250 e. The van der Waals surface area contributed by atoms with Gasteiger partial charge in [0.2, 0.25) is 5.91 Å². The van der Waals surface area contributed by atoms with Gasteiger partial charge in [-0.25, -0.2) is 0 Å². The number of fused-ring (bicyclic) bond motifs is 1. The van der Waals surface area contributed by atoms with Gasteiger partial charge in [-0.05, 0) is 47.4 Å². The van der Waals surface area contributed by atoms with Gasteiger partial charge in [-0.15, -0.1) is 0 Å². The van der Waals surface area contributed by atoms with Crippen LogP contribution in [0.25, 0.3) is 16.8 Å². The Labute approximate surface area is 157 Å². The second kappa shape index (κ2) is 8.27. The molecule has 0 bridgehead atoms. The summed E-state index contributed by atoms with van der Waals surface area (Å²) in [6, 6.07) is 21.3. The SMILES string of the molecule is COc1ccc(/C=C/C(=O)NC(=S)Nc2cccc3ccccc23)cc1. The van der Waals surface area contributed by atoms with Gasteiger partial charge in [0.15, 0.2) is 5.11 Å².